The van der Waals surface area contributed by atoms with E-state index in [1.807, 2.05) is 13.0 Å². The van der Waals surface area contributed by atoms with Crippen LogP contribution in [0.15, 0.2) is 52.3 Å². The van der Waals surface area contributed by atoms with Gasteiger partial charge in [0.25, 0.3) is 11.5 Å². The van der Waals surface area contributed by atoms with Gasteiger partial charge in [-0.25, -0.2) is 9.37 Å². The van der Waals surface area contributed by atoms with Crippen LogP contribution < -0.4 is 10.9 Å². The Morgan fingerprint density at radius 2 is 2.09 bits per heavy atom. The van der Waals surface area contributed by atoms with Gasteiger partial charge in [-0.2, -0.15) is 0 Å². The van der Waals surface area contributed by atoms with Crippen LogP contribution in [0.3, 0.4) is 0 Å². The number of rotatable bonds is 6. The molecule has 2 fully saturated rings. The van der Waals surface area contributed by atoms with Crippen molar-refractivity contribution in [3.8, 4) is 0 Å². The molecular formula is C25H23FN4O3S2. The van der Waals surface area contributed by atoms with Crippen LogP contribution in [-0.2, 0) is 16.1 Å². The number of benzene rings is 1. The van der Waals surface area contributed by atoms with Gasteiger partial charge in [0.2, 0.25) is 0 Å². The molecule has 35 heavy (non-hydrogen) atoms. The number of hydrogen-bond donors (Lipinski definition) is 1. The summed E-state index contributed by atoms with van der Waals surface area (Å²) in [5, 5.41) is 3.28. The van der Waals surface area contributed by atoms with Crippen LogP contribution in [-0.4, -0.2) is 43.8 Å². The molecule has 10 heteroatoms. The average molecular weight is 511 g/mol. The Bertz CT molecular complexity index is 1400. The van der Waals surface area contributed by atoms with Crippen molar-refractivity contribution in [2.24, 2.45) is 0 Å². The summed E-state index contributed by atoms with van der Waals surface area (Å²) in [6.45, 7) is 3.36. The number of fused-ring (bicyclic) bond motifs is 1. The highest BCUT2D eigenvalue weighted by Crippen LogP contribution is 2.34. The maximum atomic E-state index is 13.5. The van der Waals surface area contributed by atoms with Crippen LogP contribution in [0.25, 0.3) is 11.7 Å². The van der Waals surface area contributed by atoms with Gasteiger partial charge < -0.3 is 10.1 Å². The lowest BCUT2D eigenvalue weighted by atomic mass is 10.2. The number of aryl methyl sites for hydroxylation is 1. The minimum absolute atomic E-state index is 0.0499. The summed E-state index contributed by atoms with van der Waals surface area (Å²) in [6, 6.07) is 9.61. The van der Waals surface area contributed by atoms with Crippen molar-refractivity contribution in [2.75, 3.05) is 18.5 Å². The first-order chi connectivity index (χ1) is 16.9. The maximum absolute atomic E-state index is 13.5. The lowest BCUT2D eigenvalue weighted by Gasteiger charge is -2.15. The Balaban J connectivity index is 1.50. The van der Waals surface area contributed by atoms with Crippen molar-refractivity contribution in [3.05, 3.63) is 80.4 Å². The zero-order valence-electron chi connectivity index (χ0n) is 19.0. The zero-order valence-corrected chi connectivity index (χ0v) is 20.6. The Morgan fingerprint density at radius 3 is 2.83 bits per heavy atom. The van der Waals surface area contributed by atoms with E-state index in [1.165, 1.54) is 21.4 Å². The number of carbonyl (C=O) groups is 1. The van der Waals surface area contributed by atoms with Gasteiger partial charge in [-0.15, -0.1) is 0 Å². The molecule has 0 spiro atoms. The molecule has 0 radical (unpaired) electrons. The quantitative estimate of drug-likeness (QED) is 0.395. The second-order valence-electron chi connectivity index (χ2n) is 8.47. The SMILES string of the molecule is Cc1cccn2c(=O)c(C=C3SC(=S)N(Cc4ccc(F)cc4)C3=O)c(NCC3CCCO3)nc12. The Labute approximate surface area is 211 Å². The lowest BCUT2D eigenvalue weighted by Crippen LogP contribution is -2.27. The molecular weight excluding hydrogens is 487 g/mol. The number of anilines is 1. The van der Waals surface area contributed by atoms with Crippen molar-refractivity contribution in [1.82, 2.24) is 14.3 Å². The van der Waals surface area contributed by atoms with Crippen LogP contribution in [0.5, 0.6) is 0 Å². The fraction of sp³-hybridized carbons (Fsp3) is 0.280. The topological polar surface area (TPSA) is 75.9 Å². The molecule has 4 heterocycles. The van der Waals surface area contributed by atoms with Gasteiger partial charge in [0.05, 0.1) is 23.1 Å². The number of nitrogens with one attached hydrogen (secondary N) is 1. The summed E-state index contributed by atoms with van der Waals surface area (Å²) in [4.78, 5) is 33.2. The molecule has 1 unspecified atom stereocenters. The molecule has 1 atom stereocenters. The third-order valence-corrected chi connectivity index (χ3v) is 7.39. The summed E-state index contributed by atoms with van der Waals surface area (Å²) in [6.07, 6.45) is 5.22. The lowest BCUT2D eigenvalue weighted by molar-refractivity contribution is -0.122. The number of thiocarbonyl (C=S) groups is 1. The van der Waals surface area contributed by atoms with E-state index in [9.17, 15) is 14.0 Å². The molecule has 1 N–H and O–H groups in total. The Morgan fingerprint density at radius 1 is 1.29 bits per heavy atom. The van der Waals surface area contributed by atoms with E-state index in [4.69, 9.17) is 21.9 Å². The molecule has 2 aliphatic rings. The van der Waals surface area contributed by atoms with E-state index in [1.54, 1.807) is 30.5 Å². The molecule has 1 aromatic carbocycles. The smallest absolute Gasteiger partial charge is 0.267 e. The van der Waals surface area contributed by atoms with Gasteiger partial charge in [0, 0.05) is 19.3 Å². The van der Waals surface area contributed by atoms with Crippen molar-refractivity contribution in [1.29, 1.82) is 0 Å². The fourth-order valence-electron chi connectivity index (χ4n) is 4.13. The molecule has 7 nitrogen and oxygen atoms in total. The van der Waals surface area contributed by atoms with E-state index in [0.29, 0.717) is 27.2 Å². The van der Waals surface area contributed by atoms with Crippen LogP contribution in [0.1, 0.15) is 29.5 Å². The van der Waals surface area contributed by atoms with E-state index in [-0.39, 0.29) is 35.5 Å². The van der Waals surface area contributed by atoms with Crippen LogP contribution >= 0.6 is 24.0 Å². The second-order valence-corrected chi connectivity index (χ2v) is 10.2. The first kappa shape index (κ1) is 23.7. The molecule has 0 bridgehead atoms. The molecule has 180 valence electrons. The van der Waals surface area contributed by atoms with Gasteiger partial charge >= 0.3 is 0 Å². The summed E-state index contributed by atoms with van der Waals surface area (Å²) in [5.41, 5.74) is 2.17. The summed E-state index contributed by atoms with van der Waals surface area (Å²) >= 11 is 6.58. The number of amides is 1. The predicted molar refractivity (Wildman–Crippen MR) is 139 cm³/mol. The van der Waals surface area contributed by atoms with Crippen molar-refractivity contribution >= 4 is 51.7 Å². The number of thioether (sulfide) groups is 1. The van der Waals surface area contributed by atoms with Crippen LogP contribution in [0.4, 0.5) is 10.2 Å². The second kappa shape index (κ2) is 9.88. The normalized spacial score (nSPS) is 19.3. The summed E-state index contributed by atoms with van der Waals surface area (Å²) in [7, 11) is 0. The van der Waals surface area contributed by atoms with Gasteiger partial charge in [-0.1, -0.05) is 42.2 Å². The van der Waals surface area contributed by atoms with Gasteiger partial charge in [0.15, 0.2) is 0 Å². The van der Waals surface area contributed by atoms with Crippen molar-refractivity contribution < 1.29 is 13.9 Å². The molecule has 1 amide bonds. The third kappa shape index (κ3) is 4.86. The van der Waals surface area contributed by atoms with Crippen LogP contribution in [0.2, 0.25) is 0 Å². The molecule has 3 aromatic rings. The molecule has 2 saturated heterocycles. The largest absolute Gasteiger partial charge is 0.376 e. The average Bonchev–Trinajstić information content (AvgIpc) is 3.45. The van der Waals surface area contributed by atoms with Crippen molar-refractivity contribution in [3.63, 3.8) is 0 Å². The number of pyridine rings is 1. The number of carbonyl (C=O) groups excluding carboxylic acids is 1. The number of hydrogen-bond acceptors (Lipinski definition) is 7. The number of halogens is 1. The predicted octanol–water partition coefficient (Wildman–Crippen LogP) is 4.13. The standard InChI is InChI=1S/C25H23FN4O3S2/c1-15-4-2-10-29-22(15)28-21(27-13-18-5-3-11-33-18)19(23(29)31)12-20-24(32)30(25(34)35-20)14-16-6-8-17(26)9-7-16/h2,4,6-10,12,18,27H,3,5,11,13-14H2,1H3. The third-order valence-electron chi connectivity index (χ3n) is 6.01. The molecule has 0 aliphatic carbocycles. The van der Waals surface area contributed by atoms with Crippen LogP contribution in [0, 0.1) is 12.7 Å². The number of aromatic nitrogens is 2. The maximum Gasteiger partial charge on any atom is 0.267 e. The minimum atomic E-state index is -0.346. The summed E-state index contributed by atoms with van der Waals surface area (Å²) in [5.74, 6) is -0.242. The monoisotopic (exact) mass is 510 g/mol. The molecule has 5 rings (SSSR count). The summed E-state index contributed by atoms with van der Waals surface area (Å²) < 4.78 is 20.8. The van der Waals surface area contributed by atoms with E-state index >= 15 is 0 Å². The highest BCUT2D eigenvalue weighted by molar-refractivity contribution is 8.26. The van der Waals surface area contributed by atoms with Gasteiger partial charge in [0.1, 0.15) is 21.6 Å². The van der Waals surface area contributed by atoms with Gasteiger partial charge in [-0.05, 0) is 55.2 Å². The molecule has 2 aromatic heterocycles. The molecule has 2 aliphatic heterocycles. The highest BCUT2D eigenvalue weighted by Gasteiger charge is 2.33. The first-order valence-electron chi connectivity index (χ1n) is 11.3. The number of nitrogens with zero attached hydrogens (tertiary/aromatic N) is 3. The van der Waals surface area contributed by atoms with E-state index in [2.05, 4.69) is 5.32 Å². The molecule has 0 saturated carbocycles. The minimum Gasteiger partial charge on any atom is -0.376 e. The van der Waals surface area contributed by atoms with E-state index in [0.717, 1.165) is 42.3 Å². The zero-order chi connectivity index (χ0) is 24.5. The van der Waals surface area contributed by atoms with Gasteiger partial charge in [-0.3, -0.25) is 18.9 Å². The van der Waals surface area contributed by atoms with E-state index < -0.39 is 0 Å². The fourth-order valence-corrected chi connectivity index (χ4v) is 5.37. The first-order valence-corrected chi connectivity index (χ1v) is 12.5. The van der Waals surface area contributed by atoms with Crippen molar-refractivity contribution in [2.45, 2.75) is 32.4 Å². The highest BCUT2D eigenvalue weighted by atomic mass is 32.2. The Hall–Kier alpha value is -3.08. The number of ether oxygens (including phenoxy) is 1. The Kier molecular flexibility index (Phi) is 6.68.